The molecule has 5 nitrogen and oxygen atoms in total. The Labute approximate surface area is 117 Å². The lowest BCUT2D eigenvalue weighted by Crippen LogP contribution is -2.47. The van der Waals surface area contributed by atoms with Crippen LogP contribution in [0.5, 0.6) is 0 Å². The van der Waals surface area contributed by atoms with E-state index in [1.807, 2.05) is 18.2 Å². The quantitative estimate of drug-likeness (QED) is 0.770. The standard InChI is InChI=1S/C13H18ClN3O2/c1-3-15-13(19)17-12(18)9(2)16-8-10-5-4-6-11(14)7-10/h4-7,9,16H,3,8H2,1-2H3,(H2,15,17,18,19). The first-order chi connectivity index (χ1) is 9.02. The molecule has 0 saturated heterocycles. The molecule has 6 heteroatoms. The Morgan fingerprint density at radius 1 is 1.37 bits per heavy atom. The average molecular weight is 284 g/mol. The minimum absolute atomic E-state index is 0.368. The summed E-state index contributed by atoms with van der Waals surface area (Å²) in [6.07, 6.45) is 0. The van der Waals surface area contributed by atoms with Crippen molar-refractivity contribution in [3.63, 3.8) is 0 Å². The number of rotatable bonds is 5. The molecule has 0 bridgehead atoms. The summed E-state index contributed by atoms with van der Waals surface area (Å²) in [6.45, 7) is 4.46. The summed E-state index contributed by atoms with van der Waals surface area (Å²) in [5.74, 6) is -0.368. The lowest BCUT2D eigenvalue weighted by atomic mass is 10.2. The highest BCUT2D eigenvalue weighted by atomic mass is 35.5. The van der Waals surface area contributed by atoms with Crippen LogP contribution in [0.2, 0.25) is 5.02 Å². The maximum atomic E-state index is 11.7. The van der Waals surface area contributed by atoms with E-state index in [0.29, 0.717) is 18.1 Å². The van der Waals surface area contributed by atoms with Crippen LogP contribution in [0.25, 0.3) is 0 Å². The molecule has 0 heterocycles. The van der Waals surface area contributed by atoms with E-state index in [-0.39, 0.29) is 5.91 Å². The maximum Gasteiger partial charge on any atom is 0.321 e. The first kappa shape index (κ1) is 15.5. The molecule has 3 amide bonds. The van der Waals surface area contributed by atoms with Crippen molar-refractivity contribution in [1.82, 2.24) is 16.0 Å². The van der Waals surface area contributed by atoms with Crippen LogP contribution in [-0.4, -0.2) is 24.5 Å². The predicted octanol–water partition coefficient (Wildman–Crippen LogP) is 1.66. The zero-order valence-electron chi connectivity index (χ0n) is 11.0. The number of halogens is 1. The number of carbonyl (C=O) groups is 2. The van der Waals surface area contributed by atoms with Gasteiger partial charge in [0.15, 0.2) is 0 Å². The van der Waals surface area contributed by atoms with Gasteiger partial charge in [0.1, 0.15) is 0 Å². The molecule has 0 spiro atoms. The molecule has 1 aromatic rings. The molecule has 3 N–H and O–H groups in total. The predicted molar refractivity (Wildman–Crippen MR) is 75.0 cm³/mol. The van der Waals surface area contributed by atoms with E-state index in [1.54, 1.807) is 19.9 Å². The van der Waals surface area contributed by atoms with Crippen LogP contribution in [0.1, 0.15) is 19.4 Å². The molecule has 0 fully saturated rings. The second-order valence-corrected chi connectivity index (χ2v) is 4.52. The van der Waals surface area contributed by atoms with Crippen molar-refractivity contribution in [2.75, 3.05) is 6.54 Å². The zero-order valence-corrected chi connectivity index (χ0v) is 11.8. The summed E-state index contributed by atoms with van der Waals surface area (Å²) in [5.41, 5.74) is 0.977. The monoisotopic (exact) mass is 283 g/mol. The Balaban J connectivity index is 2.40. The van der Waals surface area contributed by atoms with Crippen LogP contribution in [0.4, 0.5) is 4.79 Å². The van der Waals surface area contributed by atoms with E-state index >= 15 is 0 Å². The van der Waals surface area contributed by atoms with E-state index in [1.165, 1.54) is 0 Å². The summed E-state index contributed by atoms with van der Waals surface area (Å²) in [4.78, 5) is 22.8. The van der Waals surface area contributed by atoms with E-state index in [0.717, 1.165) is 5.56 Å². The van der Waals surface area contributed by atoms with Crippen molar-refractivity contribution < 1.29 is 9.59 Å². The fourth-order valence-electron chi connectivity index (χ4n) is 1.44. The van der Waals surface area contributed by atoms with Crippen LogP contribution in [-0.2, 0) is 11.3 Å². The highest BCUT2D eigenvalue weighted by molar-refractivity contribution is 6.30. The first-order valence-electron chi connectivity index (χ1n) is 6.09. The van der Waals surface area contributed by atoms with Gasteiger partial charge in [0, 0.05) is 18.1 Å². The van der Waals surface area contributed by atoms with Crippen molar-refractivity contribution in [3.05, 3.63) is 34.9 Å². The number of hydrogen-bond donors (Lipinski definition) is 3. The van der Waals surface area contributed by atoms with Crippen LogP contribution in [0.3, 0.4) is 0 Å². The fraction of sp³-hybridized carbons (Fsp3) is 0.385. The van der Waals surface area contributed by atoms with E-state index in [4.69, 9.17) is 11.6 Å². The van der Waals surface area contributed by atoms with Gasteiger partial charge in [-0.1, -0.05) is 23.7 Å². The number of nitrogens with one attached hydrogen (secondary N) is 3. The summed E-state index contributed by atoms with van der Waals surface area (Å²) in [7, 11) is 0. The molecule has 0 aliphatic rings. The van der Waals surface area contributed by atoms with Gasteiger partial charge in [0.2, 0.25) is 5.91 Å². The van der Waals surface area contributed by atoms with Gasteiger partial charge in [-0.3, -0.25) is 10.1 Å². The SMILES string of the molecule is CCNC(=O)NC(=O)C(C)NCc1cccc(Cl)c1. The van der Waals surface area contributed by atoms with Crippen LogP contribution >= 0.6 is 11.6 Å². The average Bonchev–Trinajstić information content (AvgIpc) is 2.36. The minimum atomic E-state index is -0.482. The Bertz CT molecular complexity index is 451. The smallest absolute Gasteiger partial charge is 0.321 e. The van der Waals surface area contributed by atoms with Crippen molar-refractivity contribution in [3.8, 4) is 0 Å². The van der Waals surface area contributed by atoms with Crippen molar-refractivity contribution in [2.24, 2.45) is 0 Å². The summed E-state index contributed by atoms with van der Waals surface area (Å²) in [5, 5.41) is 8.42. The van der Waals surface area contributed by atoms with Crippen molar-refractivity contribution >= 4 is 23.5 Å². The highest BCUT2D eigenvalue weighted by Crippen LogP contribution is 2.10. The van der Waals surface area contributed by atoms with Crippen LogP contribution in [0, 0.1) is 0 Å². The van der Waals surface area contributed by atoms with Gasteiger partial charge in [-0.2, -0.15) is 0 Å². The Kier molecular flexibility index (Phi) is 6.32. The first-order valence-corrected chi connectivity index (χ1v) is 6.47. The molecular formula is C13H18ClN3O2. The zero-order chi connectivity index (χ0) is 14.3. The minimum Gasteiger partial charge on any atom is -0.338 e. The molecule has 1 atom stereocenters. The number of carbonyl (C=O) groups excluding carboxylic acids is 2. The molecular weight excluding hydrogens is 266 g/mol. The molecule has 0 aliphatic carbocycles. The van der Waals surface area contributed by atoms with Gasteiger partial charge in [-0.15, -0.1) is 0 Å². The van der Waals surface area contributed by atoms with E-state index in [9.17, 15) is 9.59 Å². The molecule has 0 saturated carbocycles. The Morgan fingerprint density at radius 3 is 2.74 bits per heavy atom. The lowest BCUT2D eigenvalue weighted by molar-refractivity contribution is -0.121. The third-order valence-electron chi connectivity index (χ3n) is 2.47. The second-order valence-electron chi connectivity index (χ2n) is 4.08. The van der Waals surface area contributed by atoms with Gasteiger partial charge in [-0.25, -0.2) is 4.79 Å². The molecule has 0 aromatic heterocycles. The van der Waals surface area contributed by atoms with Gasteiger partial charge < -0.3 is 10.6 Å². The van der Waals surface area contributed by atoms with Crippen LogP contribution in [0.15, 0.2) is 24.3 Å². The largest absolute Gasteiger partial charge is 0.338 e. The number of hydrogen-bond acceptors (Lipinski definition) is 3. The number of urea groups is 1. The third-order valence-corrected chi connectivity index (χ3v) is 2.70. The molecule has 19 heavy (non-hydrogen) atoms. The van der Waals surface area contributed by atoms with Gasteiger partial charge in [0.05, 0.1) is 6.04 Å². The number of amides is 3. The third kappa shape index (κ3) is 5.72. The topological polar surface area (TPSA) is 70.2 Å². The molecule has 0 radical (unpaired) electrons. The summed E-state index contributed by atoms with van der Waals surface area (Å²) < 4.78 is 0. The molecule has 1 rings (SSSR count). The van der Waals surface area contributed by atoms with Crippen molar-refractivity contribution in [1.29, 1.82) is 0 Å². The van der Waals surface area contributed by atoms with E-state index in [2.05, 4.69) is 16.0 Å². The normalized spacial score (nSPS) is 11.7. The summed E-state index contributed by atoms with van der Waals surface area (Å²) >= 11 is 5.87. The Hall–Kier alpha value is -1.59. The van der Waals surface area contributed by atoms with Gasteiger partial charge >= 0.3 is 6.03 Å². The van der Waals surface area contributed by atoms with E-state index < -0.39 is 12.1 Å². The molecule has 1 unspecified atom stereocenters. The Morgan fingerprint density at radius 2 is 2.11 bits per heavy atom. The highest BCUT2D eigenvalue weighted by Gasteiger charge is 2.14. The lowest BCUT2D eigenvalue weighted by Gasteiger charge is -2.13. The fourth-order valence-corrected chi connectivity index (χ4v) is 1.65. The second kappa shape index (κ2) is 7.76. The van der Waals surface area contributed by atoms with Crippen molar-refractivity contribution in [2.45, 2.75) is 26.4 Å². The molecule has 104 valence electrons. The summed E-state index contributed by atoms with van der Waals surface area (Å²) in [6, 6.07) is 6.41. The molecule has 1 aromatic carbocycles. The maximum absolute atomic E-state index is 11.7. The van der Waals surface area contributed by atoms with Gasteiger partial charge in [-0.05, 0) is 31.5 Å². The molecule has 0 aliphatic heterocycles. The number of imide groups is 1. The van der Waals surface area contributed by atoms with Crippen LogP contribution < -0.4 is 16.0 Å². The number of benzene rings is 1. The van der Waals surface area contributed by atoms with Gasteiger partial charge in [0.25, 0.3) is 0 Å².